The molecular weight excluding hydrogens is 394 g/mol. The average molecular weight is 403 g/mol. The van der Waals surface area contributed by atoms with Crippen LogP contribution in [0.2, 0.25) is 0 Å². The fraction of sp³-hybridized carbons (Fsp3) is 0. The Hall–Kier alpha value is -1.83. The van der Waals surface area contributed by atoms with Gasteiger partial charge in [0, 0.05) is 8.95 Å². The summed E-state index contributed by atoms with van der Waals surface area (Å²) >= 11 is 6.84. The Kier molecular flexibility index (Phi) is 3.96. The third-order valence-corrected chi connectivity index (χ3v) is 3.96. The highest BCUT2D eigenvalue weighted by atomic mass is 79.9. The Morgan fingerprint density at radius 2 is 1.52 bits per heavy atom. The van der Waals surface area contributed by atoms with Crippen LogP contribution in [-0.2, 0) is 0 Å². The molecule has 0 heterocycles. The molecule has 4 heteroatoms. The smallest absolute Gasteiger partial charge is 0.129 e. The van der Waals surface area contributed by atoms with E-state index in [1.807, 2.05) is 36.4 Å². The lowest BCUT2D eigenvalue weighted by Crippen LogP contribution is -1.86. The molecule has 0 fully saturated rings. The molecule has 0 aliphatic carbocycles. The average Bonchev–Trinajstić information content (AvgIpc) is 2.47. The first-order valence-corrected chi connectivity index (χ1v) is 7.80. The van der Waals surface area contributed by atoms with E-state index in [2.05, 4.69) is 44.0 Å². The first kappa shape index (κ1) is 14.1. The minimum atomic E-state index is 0.559. The van der Waals surface area contributed by atoms with Crippen molar-refractivity contribution in [2.75, 3.05) is 0 Å². The molecule has 0 aromatic heterocycles. The largest absolute Gasteiger partial charge is 0.457 e. The van der Waals surface area contributed by atoms with Crippen molar-refractivity contribution in [2.45, 2.75) is 0 Å². The van der Waals surface area contributed by atoms with Crippen molar-refractivity contribution in [2.24, 2.45) is 0 Å². The molecule has 3 rings (SSSR count). The summed E-state index contributed by atoms with van der Waals surface area (Å²) in [4.78, 5) is 0. The topological polar surface area (TPSA) is 33.0 Å². The number of ether oxygens (including phenoxy) is 1. The quantitative estimate of drug-likeness (QED) is 0.524. The summed E-state index contributed by atoms with van der Waals surface area (Å²) in [7, 11) is 0. The zero-order chi connectivity index (χ0) is 14.8. The molecule has 2 nitrogen and oxygen atoms in total. The van der Waals surface area contributed by atoms with Crippen LogP contribution in [-0.4, -0.2) is 0 Å². The van der Waals surface area contributed by atoms with Crippen LogP contribution in [0.3, 0.4) is 0 Å². The summed E-state index contributed by atoms with van der Waals surface area (Å²) in [6.45, 7) is 0. The monoisotopic (exact) mass is 401 g/mol. The van der Waals surface area contributed by atoms with Crippen LogP contribution < -0.4 is 4.74 Å². The first-order chi connectivity index (χ1) is 10.1. The maximum Gasteiger partial charge on any atom is 0.129 e. The highest BCUT2D eigenvalue weighted by molar-refractivity contribution is 9.10. The Morgan fingerprint density at radius 1 is 0.762 bits per heavy atom. The summed E-state index contributed by atoms with van der Waals surface area (Å²) in [6.07, 6.45) is 0. The minimum Gasteiger partial charge on any atom is -0.457 e. The third-order valence-electron chi connectivity index (χ3n) is 3.01. The molecule has 0 radical (unpaired) electrons. The Morgan fingerprint density at radius 3 is 2.33 bits per heavy atom. The third kappa shape index (κ3) is 3.26. The predicted molar refractivity (Wildman–Crippen MR) is 90.6 cm³/mol. The minimum absolute atomic E-state index is 0.559. The van der Waals surface area contributed by atoms with E-state index >= 15 is 0 Å². The Labute approximate surface area is 139 Å². The van der Waals surface area contributed by atoms with Gasteiger partial charge in [0.2, 0.25) is 0 Å². The molecule has 3 aromatic rings. The van der Waals surface area contributed by atoms with Crippen molar-refractivity contribution >= 4 is 42.6 Å². The molecule has 0 bridgehead atoms. The summed E-state index contributed by atoms with van der Waals surface area (Å²) in [5, 5.41) is 11.2. The van der Waals surface area contributed by atoms with Crippen molar-refractivity contribution in [3.05, 3.63) is 69.1 Å². The summed E-state index contributed by atoms with van der Waals surface area (Å²) < 4.78 is 7.72. The van der Waals surface area contributed by atoms with E-state index in [4.69, 9.17) is 10.00 Å². The maximum atomic E-state index is 8.99. The summed E-state index contributed by atoms with van der Waals surface area (Å²) in [5.41, 5.74) is 0.559. The van der Waals surface area contributed by atoms with Crippen LogP contribution in [0.4, 0.5) is 0 Å². The summed E-state index contributed by atoms with van der Waals surface area (Å²) in [5.74, 6) is 1.38. The van der Waals surface area contributed by atoms with Gasteiger partial charge in [-0.25, -0.2) is 0 Å². The van der Waals surface area contributed by atoms with Gasteiger partial charge in [0.05, 0.1) is 11.6 Å². The highest BCUT2D eigenvalue weighted by Crippen LogP contribution is 2.29. The number of nitriles is 1. The highest BCUT2D eigenvalue weighted by Gasteiger charge is 2.03. The summed E-state index contributed by atoms with van der Waals surface area (Å²) in [6, 6.07) is 19.4. The maximum absolute atomic E-state index is 8.99. The van der Waals surface area contributed by atoms with Gasteiger partial charge in [0.1, 0.15) is 11.5 Å². The molecule has 102 valence electrons. The SMILES string of the molecule is N#Cc1cc(Br)cc(Oc2ccc3cc(Br)ccc3c2)c1. The zero-order valence-electron chi connectivity index (χ0n) is 10.8. The van der Waals surface area contributed by atoms with Crippen molar-refractivity contribution in [3.63, 3.8) is 0 Å². The molecule has 0 N–H and O–H groups in total. The molecule has 0 atom stereocenters. The van der Waals surface area contributed by atoms with E-state index in [9.17, 15) is 0 Å². The number of hydrogen-bond acceptors (Lipinski definition) is 2. The molecule has 0 amide bonds. The van der Waals surface area contributed by atoms with Crippen molar-refractivity contribution in [3.8, 4) is 17.6 Å². The van der Waals surface area contributed by atoms with Gasteiger partial charge in [0.25, 0.3) is 0 Å². The van der Waals surface area contributed by atoms with Crippen molar-refractivity contribution < 1.29 is 4.74 Å². The standard InChI is InChI=1S/C17H9Br2NO/c18-14-3-1-13-8-16(4-2-12(13)7-14)21-17-6-11(10-20)5-15(19)9-17/h1-9H. The number of nitrogens with zero attached hydrogens (tertiary/aromatic N) is 1. The normalized spacial score (nSPS) is 10.3. The van der Waals surface area contributed by atoms with Gasteiger partial charge in [-0.3, -0.25) is 0 Å². The predicted octanol–water partition coefficient (Wildman–Crippen LogP) is 6.03. The second kappa shape index (κ2) is 5.88. The van der Waals surface area contributed by atoms with Gasteiger partial charge in [-0.2, -0.15) is 5.26 Å². The lowest BCUT2D eigenvalue weighted by molar-refractivity contribution is 0.483. The van der Waals surface area contributed by atoms with E-state index in [1.54, 1.807) is 12.1 Å². The number of fused-ring (bicyclic) bond motifs is 1. The second-order valence-electron chi connectivity index (χ2n) is 4.54. The molecule has 0 saturated heterocycles. The Balaban J connectivity index is 1.96. The molecule has 0 unspecified atom stereocenters. The molecule has 0 saturated carbocycles. The van der Waals surface area contributed by atoms with Crippen LogP contribution in [0.5, 0.6) is 11.5 Å². The van der Waals surface area contributed by atoms with Gasteiger partial charge in [-0.15, -0.1) is 0 Å². The number of hydrogen-bond donors (Lipinski definition) is 0. The van der Waals surface area contributed by atoms with Gasteiger partial charge in [0.15, 0.2) is 0 Å². The van der Waals surface area contributed by atoms with Crippen LogP contribution in [0, 0.1) is 11.3 Å². The van der Waals surface area contributed by atoms with Crippen LogP contribution in [0.15, 0.2) is 63.5 Å². The molecule has 3 aromatic carbocycles. The molecule has 0 aliphatic heterocycles. The van der Waals surface area contributed by atoms with Crippen molar-refractivity contribution in [1.29, 1.82) is 5.26 Å². The fourth-order valence-corrected chi connectivity index (χ4v) is 2.93. The number of rotatable bonds is 2. The van der Waals surface area contributed by atoms with E-state index in [0.29, 0.717) is 11.3 Å². The Bertz CT molecular complexity index is 868. The first-order valence-electron chi connectivity index (χ1n) is 6.22. The van der Waals surface area contributed by atoms with Crippen molar-refractivity contribution in [1.82, 2.24) is 0 Å². The fourth-order valence-electron chi connectivity index (χ4n) is 2.08. The van der Waals surface area contributed by atoms with E-state index in [-0.39, 0.29) is 0 Å². The lowest BCUT2D eigenvalue weighted by Gasteiger charge is -2.08. The second-order valence-corrected chi connectivity index (χ2v) is 6.37. The van der Waals surface area contributed by atoms with Gasteiger partial charge < -0.3 is 4.74 Å². The number of halogens is 2. The van der Waals surface area contributed by atoms with Gasteiger partial charge >= 0.3 is 0 Å². The van der Waals surface area contributed by atoms with Crippen LogP contribution in [0.25, 0.3) is 10.8 Å². The van der Waals surface area contributed by atoms with E-state index in [0.717, 1.165) is 25.5 Å². The van der Waals surface area contributed by atoms with Gasteiger partial charge in [-0.1, -0.05) is 44.0 Å². The van der Waals surface area contributed by atoms with Gasteiger partial charge in [-0.05, 0) is 53.2 Å². The molecule has 21 heavy (non-hydrogen) atoms. The van der Waals surface area contributed by atoms with Crippen LogP contribution in [0.1, 0.15) is 5.56 Å². The van der Waals surface area contributed by atoms with E-state index in [1.165, 1.54) is 0 Å². The zero-order valence-corrected chi connectivity index (χ0v) is 14.0. The molecule has 0 aliphatic rings. The van der Waals surface area contributed by atoms with Crippen LogP contribution >= 0.6 is 31.9 Å². The van der Waals surface area contributed by atoms with E-state index < -0.39 is 0 Å². The molecule has 0 spiro atoms. The number of benzene rings is 3. The molecular formula is C17H9Br2NO. The lowest BCUT2D eigenvalue weighted by atomic mass is 10.1.